The normalized spacial score (nSPS) is 17.5. The zero-order chi connectivity index (χ0) is 13.7. The molecule has 1 aliphatic carbocycles. The number of nitrogens with two attached hydrogens (primary N) is 1. The van der Waals surface area contributed by atoms with Crippen molar-refractivity contribution in [3.8, 4) is 0 Å². The van der Waals surface area contributed by atoms with Crippen molar-refractivity contribution in [2.24, 2.45) is 10.7 Å². The van der Waals surface area contributed by atoms with Crippen LogP contribution in [-0.4, -0.2) is 17.0 Å². The lowest BCUT2D eigenvalue weighted by Crippen LogP contribution is -2.41. The van der Waals surface area contributed by atoms with Crippen LogP contribution in [0.5, 0.6) is 0 Å². The van der Waals surface area contributed by atoms with Crippen LogP contribution in [-0.2, 0) is 6.54 Å². The first kappa shape index (κ1) is 14.8. The predicted octanol–water partition coefficient (Wildman–Crippen LogP) is 3.34. The van der Waals surface area contributed by atoms with E-state index in [1.165, 1.54) is 32.1 Å². The molecule has 1 fully saturated rings. The van der Waals surface area contributed by atoms with Gasteiger partial charge in [-0.2, -0.15) is 0 Å². The Morgan fingerprint density at radius 1 is 1.26 bits per heavy atom. The van der Waals surface area contributed by atoms with Gasteiger partial charge in [0.1, 0.15) is 0 Å². The van der Waals surface area contributed by atoms with Gasteiger partial charge >= 0.3 is 0 Å². The van der Waals surface area contributed by atoms with Gasteiger partial charge in [0.25, 0.3) is 0 Å². The molecular weight excluding hydrogens is 372 g/mol. The number of hydrogen-bond donors (Lipinski definition) is 2. The van der Waals surface area contributed by atoms with E-state index in [2.05, 4.69) is 47.2 Å². The molecule has 0 aliphatic heterocycles. The van der Waals surface area contributed by atoms with Crippen molar-refractivity contribution in [2.45, 2.75) is 44.7 Å². The van der Waals surface area contributed by atoms with Gasteiger partial charge in [0.2, 0.25) is 0 Å². The van der Waals surface area contributed by atoms with Gasteiger partial charge in [0.15, 0.2) is 5.96 Å². The summed E-state index contributed by atoms with van der Waals surface area (Å²) in [6.45, 7) is 0.537. The second-order valence-electron chi connectivity index (χ2n) is 4.76. The minimum absolute atomic E-state index is 0.488. The van der Waals surface area contributed by atoms with Crippen molar-refractivity contribution in [2.75, 3.05) is 0 Å². The summed E-state index contributed by atoms with van der Waals surface area (Å²) in [5.74, 6) is 0.530. The monoisotopic (exact) mass is 388 g/mol. The summed E-state index contributed by atoms with van der Waals surface area (Å²) >= 11 is 6.95. The summed E-state index contributed by atoms with van der Waals surface area (Å²) in [5, 5.41) is 3.31. The molecule has 1 aromatic heterocycles. The molecule has 1 aliphatic rings. The molecule has 0 amide bonds. The average molecular weight is 390 g/mol. The zero-order valence-corrected chi connectivity index (χ0v) is 13.9. The number of aromatic nitrogens is 1. The van der Waals surface area contributed by atoms with E-state index in [1.807, 2.05) is 0 Å². The van der Waals surface area contributed by atoms with E-state index < -0.39 is 0 Å². The van der Waals surface area contributed by atoms with Crippen molar-refractivity contribution in [1.82, 2.24) is 10.3 Å². The van der Waals surface area contributed by atoms with E-state index in [0.29, 0.717) is 18.5 Å². The highest BCUT2D eigenvalue weighted by atomic mass is 79.9. The Kier molecular flexibility index (Phi) is 5.63. The van der Waals surface area contributed by atoms with Crippen LogP contribution in [0.2, 0.25) is 0 Å². The molecule has 0 unspecified atom stereocenters. The number of aliphatic imine (C=N–C) groups is 1. The summed E-state index contributed by atoms with van der Waals surface area (Å²) in [4.78, 5) is 8.48. The molecule has 19 heavy (non-hydrogen) atoms. The highest BCUT2D eigenvalue weighted by Crippen LogP contribution is 2.24. The molecule has 0 saturated heterocycles. The quantitative estimate of drug-likeness (QED) is 0.615. The zero-order valence-electron chi connectivity index (χ0n) is 10.7. The number of rotatable bonds is 3. The molecule has 0 aromatic carbocycles. The second kappa shape index (κ2) is 7.24. The molecule has 3 N–H and O–H groups in total. The fourth-order valence-electron chi connectivity index (χ4n) is 2.26. The Labute approximate surface area is 130 Å². The second-order valence-corrected chi connectivity index (χ2v) is 6.47. The van der Waals surface area contributed by atoms with Crippen molar-refractivity contribution in [1.29, 1.82) is 0 Å². The Bertz CT molecular complexity index is 436. The van der Waals surface area contributed by atoms with Gasteiger partial charge in [0, 0.05) is 32.9 Å². The number of halogens is 2. The topological polar surface area (TPSA) is 63.3 Å². The minimum Gasteiger partial charge on any atom is -0.370 e. The third-order valence-electron chi connectivity index (χ3n) is 3.32. The number of pyridine rings is 1. The van der Waals surface area contributed by atoms with Gasteiger partial charge in [-0.05, 0) is 44.7 Å². The van der Waals surface area contributed by atoms with E-state index in [-0.39, 0.29) is 0 Å². The standard InChI is InChI=1S/C13H18Br2N4/c14-11-7-17-8-12(15)10(11)6-18-13(16)19-9-4-2-1-3-5-9/h7-9H,1-6H2,(H3,16,18,19). The largest absolute Gasteiger partial charge is 0.370 e. The van der Waals surface area contributed by atoms with E-state index in [4.69, 9.17) is 5.73 Å². The van der Waals surface area contributed by atoms with Crippen molar-refractivity contribution in [3.63, 3.8) is 0 Å². The van der Waals surface area contributed by atoms with Crippen LogP contribution in [0.1, 0.15) is 37.7 Å². The van der Waals surface area contributed by atoms with Crippen LogP contribution < -0.4 is 11.1 Å². The molecule has 0 bridgehead atoms. The highest BCUT2D eigenvalue weighted by Gasteiger charge is 2.13. The summed E-state index contributed by atoms with van der Waals surface area (Å²) in [6.07, 6.45) is 9.82. The molecule has 1 heterocycles. The molecule has 6 heteroatoms. The molecular formula is C13H18Br2N4. The minimum atomic E-state index is 0.488. The average Bonchev–Trinajstić information content (AvgIpc) is 2.39. The third-order valence-corrected chi connectivity index (χ3v) is 4.68. The van der Waals surface area contributed by atoms with Gasteiger partial charge < -0.3 is 11.1 Å². The van der Waals surface area contributed by atoms with Gasteiger partial charge in [-0.3, -0.25) is 4.98 Å². The maximum absolute atomic E-state index is 5.95. The maximum Gasteiger partial charge on any atom is 0.189 e. The molecule has 2 rings (SSSR count). The number of nitrogens with zero attached hydrogens (tertiary/aromatic N) is 2. The van der Waals surface area contributed by atoms with Gasteiger partial charge in [0.05, 0.1) is 6.54 Å². The summed E-state index contributed by atoms with van der Waals surface area (Å²) in [5.41, 5.74) is 7.00. The molecule has 4 nitrogen and oxygen atoms in total. The Morgan fingerprint density at radius 2 is 1.89 bits per heavy atom. The lowest BCUT2D eigenvalue weighted by atomic mass is 9.96. The Balaban J connectivity index is 1.93. The van der Waals surface area contributed by atoms with E-state index in [0.717, 1.165) is 14.5 Å². The Hall–Kier alpha value is -0.620. The first-order valence-corrected chi connectivity index (χ1v) is 8.09. The first-order valence-electron chi connectivity index (χ1n) is 6.51. The van der Waals surface area contributed by atoms with Gasteiger partial charge in [-0.1, -0.05) is 19.3 Å². The highest BCUT2D eigenvalue weighted by molar-refractivity contribution is 9.11. The van der Waals surface area contributed by atoms with Crippen molar-refractivity contribution >= 4 is 37.8 Å². The Morgan fingerprint density at radius 3 is 2.53 bits per heavy atom. The number of nitrogens with one attached hydrogen (secondary N) is 1. The fraction of sp³-hybridized carbons (Fsp3) is 0.538. The summed E-state index contributed by atoms with van der Waals surface area (Å²) < 4.78 is 1.88. The van der Waals surface area contributed by atoms with Gasteiger partial charge in [-0.15, -0.1) is 0 Å². The summed E-state index contributed by atoms with van der Waals surface area (Å²) in [7, 11) is 0. The van der Waals surface area contributed by atoms with Crippen LogP contribution in [0.3, 0.4) is 0 Å². The van der Waals surface area contributed by atoms with Crippen LogP contribution in [0.25, 0.3) is 0 Å². The van der Waals surface area contributed by atoms with E-state index in [1.54, 1.807) is 12.4 Å². The molecule has 0 radical (unpaired) electrons. The maximum atomic E-state index is 5.95. The van der Waals surface area contributed by atoms with E-state index >= 15 is 0 Å². The van der Waals surface area contributed by atoms with Crippen molar-refractivity contribution < 1.29 is 0 Å². The molecule has 1 saturated carbocycles. The molecule has 1 aromatic rings. The molecule has 104 valence electrons. The van der Waals surface area contributed by atoms with Crippen LogP contribution >= 0.6 is 31.9 Å². The molecule has 0 spiro atoms. The summed E-state index contributed by atoms with van der Waals surface area (Å²) in [6, 6.07) is 0.488. The fourth-order valence-corrected chi connectivity index (χ4v) is 3.44. The van der Waals surface area contributed by atoms with Gasteiger partial charge in [-0.25, -0.2) is 4.99 Å². The van der Waals surface area contributed by atoms with Crippen LogP contribution in [0, 0.1) is 0 Å². The lowest BCUT2D eigenvalue weighted by molar-refractivity contribution is 0.412. The lowest BCUT2D eigenvalue weighted by Gasteiger charge is -2.23. The number of guanidine groups is 1. The smallest absolute Gasteiger partial charge is 0.189 e. The predicted molar refractivity (Wildman–Crippen MR) is 85.0 cm³/mol. The van der Waals surface area contributed by atoms with Crippen molar-refractivity contribution in [3.05, 3.63) is 26.9 Å². The first-order chi connectivity index (χ1) is 9.16. The van der Waals surface area contributed by atoms with Crippen LogP contribution in [0.15, 0.2) is 26.3 Å². The molecule has 0 atom stereocenters. The number of hydrogen-bond acceptors (Lipinski definition) is 2. The SMILES string of the molecule is NC(=NCc1c(Br)cncc1Br)NC1CCCCC1. The third kappa shape index (κ3) is 4.45. The van der Waals surface area contributed by atoms with Crippen LogP contribution in [0.4, 0.5) is 0 Å². The van der Waals surface area contributed by atoms with E-state index in [9.17, 15) is 0 Å².